The Morgan fingerprint density at radius 3 is 2.48 bits per heavy atom. The summed E-state index contributed by atoms with van der Waals surface area (Å²) in [6, 6.07) is 20.7. The fourth-order valence-corrected chi connectivity index (χ4v) is 3.47. The number of oxazole rings is 1. The molecule has 0 aliphatic carbocycles. The lowest BCUT2D eigenvalue weighted by Crippen LogP contribution is -2.42. The summed E-state index contributed by atoms with van der Waals surface area (Å²) >= 11 is 0. The molecule has 33 heavy (non-hydrogen) atoms. The molecule has 0 spiro atoms. The SMILES string of the molecule is COc1ccc(-c2nc3cc(C(C)C)ccc3o2)cc1NC(=O)C(C)(C)Oc1ccccc1. The van der Waals surface area contributed by atoms with Crippen molar-refractivity contribution in [1.29, 1.82) is 0 Å². The van der Waals surface area contributed by atoms with Crippen LogP contribution in [0.4, 0.5) is 5.69 Å². The Labute approximate surface area is 193 Å². The first-order chi connectivity index (χ1) is 15.8. The average Bonchev–Trinajstić information content (AvgIpc) is 3.23. The van der Waals surface area contributed by atoms with E-state index in [9.17, 15) is 4.79 Å². The minimum atomic E-state index is -1.10. The van der Waals surface area contributed by atoms with Gasteiger partial charge < -0.3 is 19.2 Å². The van der Waals surface area contributed by atoms with Crippen LogP contribution >= 0.6 is 0 Å². The number of methoxy groups -OCH3 is 1. The minimum absolute atomic E-state index is 0.305. The lowest BCUT2D eigenvalue weighted by atomic mass is 10.0. The third-order valence-electron chi connectivity index (χ3n) is 5.44. The Morgan fingerprint density at radius 1 is 1.03 bits per heavy atom. The van der Waals surface area contributed by atoms with Crippen molar-refractivity contribution in [3.05, 3.63) is 72.3 Å². The first-order valence-electron chi connectivity index (χ1n) is 10.9. The van der Waals surface area contributed by atoms with Gasteiger partial charge in [0.2, 0.25) is 5.89 Å². The number of carbonyl (C=O) groups is 1. The van der Waals surface area contributed by atoms with Gasteiger partial charge in [-0.15, -0.1) is 0 Å². The van der Waals surface area contributed by atoms with E-state index in [0.717, 1.165) is 11.1 Å². The molecule has 0 saturated heterocycles. The highest BCUT2D eigenvalue weighted by atomic mass is 16.5. The molecule has 4 aromatic rings. The normalized spacial score (nSPS) is 11.6. The molecule has 6 heteroatoms. The number of hydrogen-bond donors (Lipinski definition) is 1. The Morgan fingerprint density at radius 2 is 1.79 bits per heavy atom. The number of benzene rings is 3. The number of nitrogens with zero attached hydrogens (tertiary/aromatic N) is 1. The molecule has 0 bridgehead atoms. The first kappa shape index (κ1) is 22.4. The average molecular weight is 445 g/mol. The number of carbonyl (C=O) groups excluding carboxylic acids is 1. The van der Waals surface area contributed by atoms with Crippen LogP contribution in [-0.4, -0.2) is 23.6 Å². The Balaban J connectivity index is 1.62. The molecule has 0 fully saturated rings. The van der Waals surface area contributed by atoms with Crippen LogP contribution in [0.2, 0.25) is 0 Å². The van der Waals surface area contributed by atoms with Gasteiger partial charge in [0.05, 0.1) is 12.8 Å². The zero-order chi connectivity index (χ0) is 23.6. The maximum Gasteiger partial charge on any atom is 0.268 e. The molecule has 1 heterocycles. The fourth-order valence-electron chi connectivity index (χ4n) is 3.47. The van der Waals surface area contributed by atoms with Gasteiger partial charge in [0.25, 0.3) is 5.91 Å². The number of anilines is 1. The maximum absolute atomic E-state index is 13.1. The third-order valence-corrected chi connectivity index (χ3v) is 5.44. The lowest BCUT2D eigenvalue weighted by molar-refractivity contribution is -0.128. The van der Waals surface area contributed by atoms with Crippen LogP contribution in [0.1, 0.15) is 39.2 Å². The molecule has 0 aliphatic rings. The zero-order valence-electron chi connectivity index (χ0n) is 19.5. The predicted molar refractivity (Wildman–Crippen MR) is 130 cm³/mol. The Bertz CT molecular complexity index is 1280. The maximum atomic E-state index is 13.1. The number of nitrogens with one attached hydrogen (secondary N) is 1. The summed E-state index contributed by atoms with van der Waals surface area (Å²) in [6.45, 7) is 7.73. The van der Waals surface area contributed by atoms with Crippen molar-refractivity contribution in [3.63, 3.8) is 0 Å². The second kappa shape index (κ2) is 8.98. The van der Waals surface area contributed by atoms with E-state index in [1.165, 1.54) is 5.56 Å². The van der Waals surface area contributed by atoms with Crippen molar-refractivity contribution >= 4 is 22.7 Å². The van der Waals surface area contributed by atoms with E-state index in [2.05, 4.69) is 30.2 Å². The van der Waals surface area contributed by atoms with Crippen LogP contribution in [0.25, 0.3) is 22.6 Å². The van der Waals surface area contributed by atoms with Gasteiger partial charge in [-0.25, -0.2) is 4.98 Å². The molecule has 6 nitrogen and oxygen atoms in total. The van der Waals surface area contributed by atoms with Crippen molar-refractivity contribution in [3.8, 4) is 23.0 Å². The molecule has 1 N–H and O–H groups in total. The number of hydrogen-bond acceptors (Lipinski definition) is 5. The summed E-state index contributed by atoms with van der Waals surface area (Å²) in [7, 11) is 1.56. The van der Waals surface area contributed by atoms with Crippen LogP contribution in [0.3, 0.4) is 0 Å². The van der Waals surface area contributed by atoms with Crippen LogP contribution in [-0.2, 0) is 4.79 Å². The molecular weight excluding hydrogens is 416 g/mol. The van der Waals surface area contributed by atoms with Crippen LogP contribution in [0.5, 0.6) is 11.5 Å². The number of ether oxygens (including phenoxy) is 2. The highest BCUT2D eigenvalue weighted by Gasteiger charge is 2.31. The number of amides is 1. The van der Waals surface area contributed by atoms with Gasteiger partial charge in [0, 0.05) is 5.56 Å². The molecule has 3 aromatic carbocycles. The molecular formula is C27H28N2O4. The van der Waals surface area contributed by atoms with Crippen LogP contribution in [0, 0.1) is 0 Å². The van der Waals surface area contributed by atoms with Gasteiger partial charge in [-0.1, -0.05) is 38.1 Å². The van der Waals surface area contributed by atoms with Gasteiger partial charge in [-0.3, -0.25) is 4.79 Å². The summed E-state index contributed by atoms with van der Waals surface area (Å²) in [5.74, 6) is 1.72. The molecule has 1 amide bonds. The van der Waals surface area contributed by atoms with Crippen LogP contribution < -0.4 is 14.8 Å². The number of para-hydroxylation sites is 1. The largest absolute Gasteiger partial charge is 0.495 e. The van der Waals surface area contributed by atoms with Crippen LogP contribution in [0.15, 0.2) is 71.1 Å². The summed E-state index contributed by atoms with van der Waals surface area (Å²) < 4.78 is 17.4. The molecule has 0 unspecified atom stereocenters. The standard InChI is InChI=1S/C27H28N2O4/c1-17(2)18-11-14-24-22(15-18)28-25(32-24)19-12-13-23(31-5)21(16-19)29-26(30)27(3,4)33-20-9-7-6-8-10-20/h6-17H,1-5H3,(H,29,30). The molecule has 0 radical (unpaired) electrons. The highest BCUT2D eigenvalue weighted by Crippen LogP contribution is 2.33. The van der Waals surface area contributed by atoms with Crippen molar-refractivity contribution in [2.75, 3.05) is 12.4 Å². The van der Waals surface area contributed by atoms with Crippen molar-refractivity contribution in [1.82, 2.24) is 4.98 Å². The molecule has 170 valence electrons. The fraction of sp³-hybridized carbons (Fsp3) is 0.259. The van der Waals surface area contributed by atoms with Crippen molar-refractivity contribution in [2.45, 2.75) is 39.2 Å². The van der Waals surface area contributed by atoms with E-state index in [4.69, 9.17) is 13.9 Å². The molecule has 0 atom stereocenters. The molecule has 4 rings (SSSR count). The molecule has 1 aromatic heterocycles. The Hall–Kier alpha value is -3.80. The van der Waals surface area contributed by atoms with E-state index in [-0.39, 0.29) is 5.91 Å². The summed E-state index contributed by atoms with van der Waals surface area (Å²) in [5, 5.41) is 2.93. The second-order valence-electron chi connectivity index (χ2n) is 8.70. The van der Waals surface area contributed by atoms with E-state index in [0.29, 0.717) is 34.6 Å². The van der Waals surface area contributed by atoms with Gasteiger partial charge >= 0.3 is 0 Å². The second-order valence-corrected chi connectivity index (χ2v) is 8.70. The van der Waals surface area contributed by atoms with E-state index < -0.39 is 5.60 Å². The number of rotatable bonds is 7. The summed E-state index contributed by atoms with van der Waals surface area (Å²) in [4.78, 5) is 17.7. The minimum Gasteiger partial charge on any atom is -0.495 e. The van der Waals surface area contributed by atoms with Gasteiger partial charge in [-0.05, 0) is 67.8 Å². The quantitative estimate of drug-likeness (QED) is 0.356. The third kappa shape index (κ3) is 4.85. The number of fused-ring (bicyclic) bond motifs is 1. The smallest absolute Gasteiger partial charge is 0.268 e. The summed E-state index contributed by atoms with van der Waals surface area (Å²) in [5.41, 5.74) is 2.85. The monoisotopic (exact) mass is 444 g/mol. The lowest BCUT2D eigenvalue weighted by Gasteiger charge is -2.25. The topological polar surface area (TPSA) is 73.6 Å². The van der Waals surface area contributed by atoms with E-state index in [1.54, 1.807) is 33.1 Å². The van der Waals surface area contributed by atoms with Gasteiger partial charge in [0.1, 0.15) is 17.0 Å². The molecule has 0 aliphatic heterocycles. The first-order valence-corrected chi connectivity index (χ1v) is 10.9. The van der Waals surface area contributed by atoms with Gasteiger partial charge in [-0.2, -0.15) is 0 Å². The van der Waals surface area contributed by atoms with E-state index >= 15 is 0 Å². The summed E-state index contributed by atoms with van der Waals surface area (Å²) in [6.07, 6.45) is 0. The predicted octanol–water partition coefficient (Wildman–Crippen LogP) is 6.42. The van der Waals surface area contributed by atoms with E-state index in [1.807, 2.05) is 48.5 Å². The highest BCUT2D eigenvalue weighted by molar-refractivity contribution is 5.98. The van der Waals surface area contributed by atoms with Gasteiger partial charge in [0.15, 0.2) is 11.2 Å². The number of aromatic nitrogens is 1. The van der Waals surface area contributed by atoms with Crippen molar-refractivity contribution in [2.24, 2.45) is 0 Å². The van der Waals surface area contributed by atoms with Crippen molar-refractivity contribution < 1.29 is 18.7 Å². The zero-order valence-corrected chi connectivity index (χ0v) is 19.5. The Kier molecular flexibility index (Phi) is 6.09. The molecule has 0 saturated carbocycles.